The molecule has 0 N–H and O–H groups in total. The third-order valence-electron chi connectivity index (χ3n) is 4.03. The zero-order chi connectivity index (χ0) is 18.4. The van der Waals surface area contributed by atoms with Gasteiger partial charge in [0.2, 0.25) is 11.8 Å². The molecule has 134 valence electrons. The van der Waals surface area contributed by atoms with Gasteiger partial charge >= 0.3 is 0 Å². The summed E-state index contributed by atoms with van der Waals surface area (Å²) in [6.07, 6.45) is 4.81. The molecule has 1 amide bonds. The maximum atomic E-state index is 13.7. The monoisotopic (exact) mass is 354 g/mol. The molecule has 3 rings (SSSR count). The number of pyridine rings is 1. The molecule has 6 nitrogen and oxygen atoms in total. The Kier molecular flexibility index (Phi) is 5.68. The van der Waals surface area contributed by atoms with Crippen molar-refractivity contribution < 1.29 is 13.6 Å². The summed E-state index contributed by atoms with van der Waals surface area (Å²) < 4.78 is 19.2. The van der Waals surface area contributed by atoms with Crippen molar-refractivity contribution in [3.8, 4) is 11.5 Å². The van der Waals surface area contributed by atoms with Gasteiger partial charge in [-0.05, 0) is 36.2 Å². The second-order valence-electron chi connectivity index (χ2n) is 5.90. The van der Waals surface area contributed by atoms with Gasteiger partial charge < -0.3 is 9.32 Å². The Morgan fingerprint density at radius 2 is 1.88 bits per heavy atom. The number of aryl methyl sites for hydroxylation is 1. The lowest BCUT2D eigenvalue weighted by molar-refractivity contribution is -0.129. The van der Waals surface area contributed by atoms with Crippen molar-refractivity contribution in [3.63, 3.8) is 0 Å². The second-order valence-corrected chi connectivity index (χ2v) is 5.90. The Bertz CT molecular complexity index is 867. The van der Waals surface area contributed by atoms with E-state index < -0.39 is 5.82 Å². The molecule has 0 saturated carbocycles. The van der Waals surface area contributed by atoms with Crippen molar-refractivity contribution in [2.75, 3.05) is 13.6 Å². The predicted molar refractivity (Wildman–Crippen MR) is 93.6 cm³/mol. The quantitative estimate of drug-likeness (QED) is 0.652. The molecule has 0 bridgehead atoms. The van der Waals surface area contributed by atoms with E-state index in [0.717, 1.165) is 12.0 Å². The van der Waals surface area contributed by atoms with Gasteiger partial charge in [0, 0.05) is 38.8 Å². The van der Waals surface area contributed by atoms with Gasteiger partial charge in [-0.3, -0.25) is 9.78 Å². The van der Waals surface area contributed by atoms with Crippen LogP contribution in [0.2, 0.25) is 0 Å². The number of rotatable bonds is 7. The molecule has 2 heterocycles. The van der Waals surface area contributed by atoms with Crippen molar-refractivity contribution in [2.24, 2.45) is 0 Å². The number of aromatic nitrogens is 3. The van der Waals surface area contributed by atoms with Gasteiger partial charge in [0.25, 0.3) is 5.89 Å². The van der Waals surface area contributed by atoms with E-state index in [-0.39, 0.29) is 23.8 Å². The highest BCUT2D eigenvalue weighted by Gasteiger charge is 2.15. The maximum absolute atomic E-state index is 13.7. The predicted octanol–water partition coefficient (Wildman–Crippen LogP) is 2.90. The number of likely N-dealkylation sites (N-methyl/N-ethyl adjacent to an activating group) is 1. The molecule has 0 radical (unpaired) electrons. The van der Waals surface area contributed by atoms with Crippen molar-refractivity contribution in [1.82, 2.24) is 20.1 Å². The van der Waals surface area contributed by atoms with Gasteiger partial charge in [0.15, 0.2) is 0 Å². The van der Waals surface area contributed by atoms with E-state index in [0.29, 0.717) is 18.9 Å². The smallest absolute Gasteiger partial charge is 0.250 e. The summed E-state index contributed by atoms with van der Waals surface area (Å²) in [4.78, 5) is 17.9. The summed E-state index contributed by atoms with van der Waals surface area (Å²) in [5.74, 6) is 0.00930. The SMILES string of the molecule is CN(CCc1ccncc1)C(=O)CCc1nnc(-c2ccccc2F)o1. The number of carbonyl (C=O) groups is 1. The van der Waals surface area contributed by atoms with Crippen LogP contribution < -0.4 is 0 Å². The summed E-state index contributed by atoms with van der Waals surface area (Å²) in [6.45, 7) is 0.618. The van der Waals surface area contributed by atoms with Crippen molar-refractivity contribution in [2.45, 2.75) is 19.3 Å². The topological polar surface area (TPSA) is 72.1 Å². The Hall–Kier alpha value is -3.09. The van der Waals surface area contributed by atoms with Crippen molar-refractivity contribution in [1.29, 1.82) is 0 Å². The molecule has 26 heavy (non-hydrogen) atoms. The number of nitrogens with zero attached hydrogens (tertiary/aromatic N) is 4. The van der Waals surface area contributed by atoms with E-state index in [1.54, 1.807) is 42.5 Å². The van der Waals surface area contributed by atoms with Crippen LogP contribution in [0.5, 0.6) is 0 Å². The summed E-state index contributed by atoms with van der Waals surface area (Å²) >= 11 is 0. The fraction of sp³-hybridized carbons (Fsp3) is 0.263. The van der Waals surface area contributed by atoms with Crippen LogP contribution in [0, 0.1) is 5.82 Å². The highest BCUT2D eigenvalue weighted by Crippen LogP contribution is 2.21. The molecular weight excluding hydrogens is 335 g/mol. The molecule has 0 unspecified atom stereocenters. The van der Waals surface area contributed by atoms with Crippen molar-refractivity contribution in [3.05, 3.63) is 66.1 Å². The number of carbonyl (C=O) groups excluding carboxylic acids is 1. The lowest BCUT2D eigenvalue weighted by atomic mass is 10.2. The average Bonchev–Trinajstić information content (AvgIpc) is 3.14. The minimum atomic E-state index is -0.422. The van der Waals surface area contributed by atoms with Gasteiger partial charge in [-0.2, -0.15) is 0 Å². The largest absolute Gasteiger partial charge is 0.421 e. The van der Waals surface area contributed by atoms with E-state index in [2.05, 4.69) is 15.2 Å². The molecule has 1 aromatic carbocycles. The molecule has 0 saturated heterocycles. The fourth-order valence-electron chi connectivity index (χ4n) is 2.47. The van der Waals surface area contributed by atoms with E-state index in [1.807, 2.05) is 12.1 Å². The minimum Gasteiger partial charge on any atom is -0.421 e. The maximum Gasteiger partial charge on any atom is 0.250 e. The molecule has 0 aliphatic carbocycles. The van der Waals surface area contributed by atoms with Crippen molar-refractivity contribution >= 4 is 5.91 Å². The van der Waals surface area contributed by atoms with Crippen LogP contribution in [-0.4, -0.2) is 39.6 Å². The van der Waals surface area contributed by atoms with E-state index in [9.17, 15) is 9.18 Å². The van der Waals surface area contributed by atoms with Crippen LogP contribution >= 0.6 is 0 Å². The van der Waals surface area contributed by atoms with Gasteiger partial charge in [-0.1, -0.05) is 12.1 Å². The lowest BCUT2D eigenvalue weighted by Gasteiger charge is -2.16. The molecule has 0 fully saturated rings. The molecule has 7 heteroatoms. The number of hydrogen-bond donors (Lipinski definition) is 0. The molecule has 0 atom stereocenters. The van der Waals surface area contributed by atoms with Gasteiger partial charge in [0.05, 0.1) is 5.56 Å². The Morgan fingerprint density at radius 1 is 1.12 bits per heavy atom. The summed E-state index contributed by atoms with van der Waals surface area (Å²) in [6, 6.07) is 10.1. The first-order valence-corrected chi connectivity index (χ1v) is 8.33. The van der Waals surface area contributed by atoms with Crippen LogP contribution in [0.1, 0.15) is 17.9 Å². The highest BCUT2D eigenvalue weighted by molar-refractivity contribution is 5.76. The summed E-state index contributed by atoms with van der Waals surface area (Å²) in [5.41, 5.74) is 1.39. The first-order chi connectivity index (χ1) is 12.6. The standard InChI is InChI=1S/C19H19FN4O2/c1-24(13-10-14-8-11-21-12-9-14)18(25)7-6-17-22-23-19(26-17)15-4-2-3-5-16(15)20/h2-5,8-9,11-12H,6-7,10,13H2,1H3. The number of hydrogen-bond acceptors (Lipinski definition) is 5. The van der Waals surface area contributed by atoms with Crippen LogP contribution in [0.15, 0.2) is 53.2 Å². The van der Waals surface area contributed by atoms with E-state index in [4.69, 9.17) is 4.42 Å². The Balaban J connectivity index is 1.51. The third kappa shape index (κ3) is 4.50. The lowest BCUT2D eigenvalue weighted by Crippen LogP contribution is -2.29. The molecule has 2 aromatic heterocycles. The molecule has 0 aliphatic rings. The average molecular weight is 354 g/mol. The first-order valence-electron chi connectivity index (χ1n) is 8.33. The van der Waals surface area contributed by atoms with Crippen LogP contribution in [0.25, 0.3) is 11.5 Å². The summed E-state index contributed by atoms with van der Waals surface area (Å²) in [7, 11) is 1.77. The Labute approximate surface area is 150 Å². The molecule has 3 aromatic rings. The number of halogens is 1. The molecule has 0 aliphatic heterocycles. The van der Waals surface area contributed by atoms with E-state index in [1.165, 1.54) is 6.07 Å². The van der Waals surface area contributed by atoms with Crippen LogP contribution in [-0.2, 0) is 17.6 Å². The zero-order valence-electron chi connectivity index (χ0n) is 14.4. The normalized spacial score (nSPS) is 10.7. The van der Waals surface area contributed by atoms with Crippen LogP contribution in [0.4, 0.5) is 4.39 Å². The fourth-order valence-corrected chi connectivity index (χ4v) is 2.47. The van der Waals surface area contributed by atoms with E-state index >= 15 is 0 Å². The second kappa shape index (κ2) is 8.33. The molecule has 0 spiro atoms. The van der Waals surface area contributed by atoms with Gasteiger partial charge in [-0.15, -0.1) is 10.2 Å². The molecular formula is C19H19FN4O2. The third-order valence-corrected chi connectivity index (χ3v) is 4.03. The number of amides is 1. The Morgan fingerprint density at radius 3 is 2.65 bits per heavy atom. The first kappa shape index (κ1) is 17.7. The highest BCUT2D eigenvalue weighted by atomic mass is 19.1. The van der Waals surface area contributed by atoms with Gasteiger partial charge in [0.1, 0.15) is 5.82 Å². The minimum absolute atomic E-state index is 0.00954. The summed E-state index contributed by atoms with van der Waals surface area (Å²) in [5, 5.41) is 7.76. The van der Waals surface area contributed by atoms with Crippen LogP contribution in [0.3, 0.4) is 0 Å². The van der Waals surface area contributed by atoms with Gasteiger partial charge in [-0.25, -0.2) is 4.39 Å². The zero-order valence-corrected chi connectivity index (χ0v) is 14.4. The number of benzene rings is 1.